The van der Waals surface area contributed by atoms with Crippen molar-refractivity contribution in [3.63, 3.8) is 0 Å². The first-order valence-electron chi connectivity index (χ1n) is 12.9. The van der Waals surface area contributed by atoms with E-state index in [1.54, 1.807) is 14.2 Å². The molecule has 0 aromatic heterocycles. The van der Waals surface area contributed by atoms with Crippen molar-refractivity contribution >= 4 is 19.7 Å². The van der Waals surface area contributed by atoms with Gasteiger partial charge in [-0.3, -0.25) is 0 Å². The summed E-state index contributed by atoms with van der Waals surface area (Å²) in [7, 11) is 1.58. The summed E-state index contributed by atoms with van der Waals surface area (Å²) in [4.78, 5) is 10.4. The molecule has 0 aromatic carbocycles. The normalized spacial score (nSPS) is 45.8. The highest BCUT2D eigenvalue weighted by Crippen LogP contribution is 2.69. The Morgan fingerprint density at radius 2 is 1.66 bits per heavy atom. The number of hydrogen-bond donors (Lipinski definition) is 0. The molecular weight excluding hydrogens is 416 g/mol. The molecule has 0 N–H and O–H groups in total. The molecule has 0 heterocycles. The highest BCUT2D eigenvalue weighted by atomic mass is 28.4. The summed E-state index contributed by atoms with van der Waals surface area (Å²) in [5.74, 6) is 3.10. The molecule has 7 atom stereocenters. The van der Waals surface area contributed by atoms with Gasteiger partial charge in [0.25, 0.3) is 0 Å². The van der Waals surface area contributed by atoms with Crippen LogP contribution in [0.3, 0.4) is 0 Å². The van der Waals surface area contributed by atoms with Gasteiger partial charge in [-0.15, -0.1) is 0 Å². The van der Waals surface area contributed by atoms with E-state index in [2.05, 4.69) is 50.7 Å². The molecule has 4 fully saturated rings. The van der Waals surface area contributed by atoms with E-state index >= 15 is 0 Å². The molecule has 0 aliphatic heterocycles. The van der Waals surface area contributed by atoms with Gasteiger partial charge in [0.1, 0.15) is 19.8 Å². The Morgan fingerprint density at radius 3 is 2.31 bits per heavy atom. The lowest BCUT2D eigenvalue weighted by Gasteiger charge is -2.62. The molecule has 4 saturated carbocycles. The molecule has 0 saturated heterocycles. The maximum atomic E-state index is 7.12. The third kappa shape index (κ3) is 3.68. The molecule has 0 spiro atoms. The third-order valence-electron chi connectivity index (χ3n) is 10.1. The maximum absolute atomic E-state index is 7.12. The van der Waals surface area contributed by atoms with Crippen molar-refractivity contribution in [3.05, 3.63) is 0 Å². The largest absolute Gasteiger partial charge is 0.406 e. The molecule has 182 valence electrons. The smallest absolute Gasteiger partial charge is 0.185 e. The average molecular weight is 463 g/mol. The van der Waals surface area contributed by atoms with Gasteiger partial charge in [0.15, 0.2) is 8.32 Å². The van der Waals surface area contributed by atoms with Gasteiger partial charge in [-0.05, 0) is 113 Å². The van der Waals surface area contributed by atoms with Crippen LogP contribution in [-0.4, -0.2) is 39.6 Å². The fraction of sp³-hybridized carbons (Fsp3) is 0.923. The minimum Gasteiger partial charge on any atom is -0.406 e. The summed E-state index contributed by atoms with van der Waals surface area (Å²) >= 11 is 0. The van der Waals surface area contributed by atoms with E-state index in [0.29, 0.717) is 11.3 Å². The predicted molar refractivity (Wildman–Crippen MR) is 133 cm³/mol. The SMILES string of the molecule is CON=C1CCC2(C)C(CCC3C2CCC2(C)C3CCC2(O[Si](C)(C)C)C(C)=NOC)C1. The van der Waals surface area contributed by atoms with Crippen LogP contribution in [0.1, 0.15) is 78.6 Å². The van der Waals surface area contributed by atoms with Crippen molar-refractivity contribution in [2.45, 2.75) is 104 Å². The van der Waals surface area contributed by atoms with E-state index in [4.69, 9.17) is 14.1 Å². The summed E-state index contributed by atoms with van der Waals surface area (Å²) in [6.07, 6.45) is 11.1. The van der Waals surface area contributed by atoms with Gasteiger partial charge in [0.2, 0.25) is 0 Å². The lowest BCUT2D eigenvalue weighted by atomic mass is 9.44. The van der Waals surface area contributed by atoms with Crippen LogP contribution in [0.5, 0.6) is 0 Å². The first-order chi connectivity index (χ1) is 15.0. The average Bonchev–Trinajstić information content (AvgIpc) is 3.00. The van der Waals surface area contributed by atoms with E-state index in [1.165, 1.54) is 44.2 Å². The minimum absolute atomic E-state index is 0.140. The first-order valence-corrected chi connectivity index (χ1v) is 16.3. The lowest BCUT2D eigenvalue weighted by molar-refractivity contribution is -0.122. The van der Waals surface area contributed by atoms with Crippen molar-refractivity contribution in [2.75, 3.05) is 14.2 Å². The van der Waals surface area contributed by atoms with E-state index in [0.717, 1.165) is 42.7 Å². The molecule has 4 aliphatic rings. The predicted octanol–water partition coefficient (Wildman–Crippen LogP) is 6.64. The minimum atomic E-state index is -1.77. The highest BCUT2D eigenvalue weighted by Gasteiger charge is 2.67. The number of fused-ring (bicyclic) bond motifs is 5. The maximum Gasteiger partial charge on any atom is 0.185 e. The Bertz CT molecular complexity index is 778. The zero-order chi connectivity index (χ0) is 23.4. The van der Waals surface area contributed by atoms with Crippen LogP contribution >= 0.6 is 0 Å². The fourth-order valence-electron chi connectivity index (χ4n) is 8.84. The summed E-state index contributed by atoms with van der Waals surface area (Å²) in [5.41, 5.74) is 2.65. The molecule has 0 bridgehead atoms. The van der Waals surface area contributed by atoms with Gasteiger partial charge in [-0.2, -0.15) is 0 Å². The van der Waals surface area contributed by atoms with Crippen LogP contribution in [0.25, 0.3) is 0 Å². The summed E-state index contributed by atoms with van der Waals surface area (Å²) in [6.45, 7) is 14.3. The molecule has 0 aromatic rings. The Hall–Kier alpha value is -0.883. The zero-order valence-electron chi connectivity index (χ0n) is 21.8. The van der Waals surface area contributed by atoms with Gasteiger partial charge in [0.05, 0.1) is 11.4 Å². The highest BCUT2D eigenvalue weighted by molar-refractivity contribution is 6.70. The Morgan fingerprint density at radius 1 is 0.938 bits per heavy atom. The second-order valence-electron chi connectivity index (χ2n) is 12.6. The Labute approximate surface area is 196 Å². The van der Waals surface area contributed by atoms with Gasteiger partial charge < -0.3 is 14.1 Å². The molecule has 5 nitrogen and oxygen atoms in total. The molecule has 0 amide bonds. The Balaban J connectivity index is 1.65. The molecule has 32 heavy (non-hydrogen) atoms. The quantitative estimate of drug-likeness (QED) is 0.261. The fourth-order valence-corrected chi connectivity index (χ4v) is 10.4. The molecular formula is C26H46N2O3Si. The van der Waals surface area contributed by atoms with Crippen molar-refractivity contribution in [1.29, 1.82) is 0 Å². The lowest BCUT2D eigenvalue weighted by Crippen LogP contribution is -2.61. The van der Waals surface area contributed by atoms with Crippen LogP contribution in [0.4, 0.5) is 0 Å². The van der Waals surface area contributed by atoms with Crippen molar-refractivity contribution < 1.29 is 14.1 Å². The summed E-state index contributed by atoms with van der Waals surface area (Å²) in [5, 5.41) is 8.84. The molecule has 0 radical (unpaired) electrons. The summed E-state index contributed by atoms with van der Waals surface area (Å²) in [6, 6.07) is 0. The third-order valence-corrected chi connectivity index (χ3v) is 11.1. The van der Waals surface area contributed by atoms with Crippen LogP contribution in [0.2, 0.25) is 19.6 Å². The van der Waals surface area contributed by atoms with E-state index in [9.17, 15) is 0 Å². The van der Waals surface area contributed by atoms with E-state index in [-0.39, 0.29) is 11.0 Å². The van der Waals surface area contributed by atoms with Gasteiger partial charge >= 0.3 is 0 Å². The number of rotatable bonds is 5. The van der Waals surface area contributed by atoms with E-state index in [1.807, 2.05) is 0 Å². The molecule has 4 rings (SSSR count). The van der Waals surface area contributed by atoms with E-state index < -0.39 is 8.32 Å². The number of nitrogens with zero attached hydrogens (tertiary/aromatic N) is 2. The second kappa shape index (κ2) is 8.40. The van der Waals surface area contributed by atoms with Gasteiger partial charge in [-0.1, -0.05) is 24.2 Å². The van der Waals surface area contributed by atoms with Crippen molar-refractivity contribution in [3.8, 4) is 0 Å². The van der Waals surface area contributed by atoms with Crippen molar-refractivity contribution in [1.82, 2.24) is 0 Å². The van der Waals surface area contributed by atoms with Crippen LogP contribution in [0, 0.1) is 34.5 Å². The van der Waals surface area contributed by atoms with Crippen LogP contribution < -0.4 is 0 Å². The van der Waals surface area contributed by atoms with Gasteiger partial charge in [-0.25, -0.2) is 0 Å². The number of oxime groups is 2. The molecule has 7 unspecified atom stereocenters. The van der Waals surface area contributed by atoms with Crippen molar-refractivity contribution in [2.24, 2.45) is 44.8 Å². The molecule has 4 aliphatic carbocycles. The second-order valence-corrected chi connectivity index (χ2v) is 17.0. The molecule has 6 heteroatoms. The first kappa shape index (κ1) is 24.2. The monoisotopic (exact) mass is 462 g/mol. The van der Waals surface area contributed by atoms with Crippen LogP contribution in [-0.2, 0) is 14.1 Å². The van der Waals surface area contributed by atoms with Crippen LogP contribution in [0.15, 0.2) is 10.3 Å². The summed E-state index contributed by atoms with van der Waals surface area (Å²) < 4.78 is 7.12. The standard InChI is InChI=1S/C26H46N2O3Si/c1-18(27-29-4)26(31-32(6,7)8)16-13-23-21-10-9-19-17-20(28-30-5)11-14-24(19,2)22(21)12-15-25(23,26)3/h19,21-23H,9-17H2,1-8H3. The number of hydrogen-bond acceptors (Lipinski definition) is 5. The topological polar surface area (TPSA) is 52.4 Å². The van der Waals surface area contributed by atoms with Gasteiger partial charge in [0, 0.05) is 5.41 Å². The zero-order valence-corrected chi connectivity index (χ0v) is 22.8. The Kier molecular flexibility index (Phi) is 6.37.